The fourth-order valence-corrected chi connectivity index (χ4v) is 4.20. The molecule has 3 aromatic rings. The van der Waals surface area contributed by atoms with E-state index in [1.54, 1.807) is 37.6 Å². The summed E-state index contributed by atoms with van der Waals surface area (Å²) < 4.78 is 10.9. The van der Waals surface area contributed by atoms with Crippen LogP contribution in [0.3, 0.4) is 0 Å². The summed E-state index contributed by atoms with van der Waals surface area (Å²) in [6.07, 6.45) is 5.14. The Morgan fingerprint density at radius 3 is 2.91 bits per heavy atom. The standard InChI is InChI=1S/C24H28ClN5O4/c1-33-11-10-30-8-5-16(6-9-30)13-27-23(31)19-12-17(2-3-20(19)25)34-15-22-28-21-14-26-7-4-18(21)24(32)29-22/h2-4,7,12,14,16H,5-6,8-11,13,15H2,1H3,(H,27,31)(H,28,29,32). The van der Waals surface area contributed by atoms with Crippen molar-refractivity contribution in [3.8, 4) is 5.75 Å². The molecule has 0 radical (unpaired) electrons. The fourth-order valence-electron chi connectivity index (χ4n) is 3.99. The number of carbonyl (C=O) groups is 1. The second-order valence-electron chi connectivity index (χ2n) is 8.32. The monoisotopic (exact) mass is 485 g/mol. The lowest BCUT2D eigenvalue weighted by molar-refractivity contribution is 0.0925. The highest BCUT2D eigenvalue weighted by Crippen LogP contribution is 2.23. The Hall–Kier alpha value is -3.01. The lowest BCUT2D eigenvalue weighted by atomic mass is 9.96. The zero-order valence-corrected chi connectivity index (χ0v) is 19.8. The summed E-state index contributed by atoms with van der Waals surface area (Å²) in [4.78, 5) is 38.5. The Morgan fingerprint density at radius 2 is 2.12 bits per heavy atom. The number of rotatable bonds is 9. The number of hydrogen-bond acceptors (Lipinski definition) is 7. The first-order valence-corrected chi connectivity index (χ1v) is 11.7. The van der Waals surface area contributed by atoms with Crippen LogP contribution in [0.5, 0.6) is 5.75 Å². The van der Waals surface area contributed by atoms with Gasteiger partial charge in [-0.2, -0.15) is 0 Å². The van der Waals surface area contributed by atoms with E-state index < -0.39 is 0 Å². The van der Waals surface area contributed by atoms with Gasteiger partial charge in [-0.15, -0.1) is 0 Å². The highest BCUT2D eigenvalue weighted by atomic mass is 35.5. The zero-order chi connectivity index (χ0) is 23.9. The number of piperidine rings is 1. The van der Waals surface area contributed by atoms with Crippen LogP contribution >= 0.6 is 11.6 Å². The average molecular weight is 486 g/mol. The number of likely N-dealkylation sites (tertiary alicyclic amines) is 1. The Labute approximate surface area is 202 Å². The van der Waals surface area contributed by atoms with Crippen LogP contribution in [0.1, 0.15) is 29.0 Å². The number of methoxy groups -OCH3 is 1. The van der Waals surface area contributed by atoms with Crippen LogP contribution < -0.4 is 15.6 Å². The molecule has 3 heterocycles. The van der Waals surface area contributed by atoms with Gasteiger partial charge in [0.15, 0.2) is 0 Å². The molecule has 2 N–H and O–H groups in total. The van der Waals surface area contributed by atoms with Gasteiger partial charge in [0.2, 0.25) is 0 Å². The average Bonchev–Trinajstić information content (AvgIpc) is 2.86. The minimum Gasteiger partial charge on any atom is -0.486 e. The van der Waals surface area contributed by atoms with Crippen molar-refractivity contribution in [3.05, 3.63) is 63.4 Å². The number of hydrogen-bond donors (Lipinski definition) is 2. The molecule has 0 aliphatic carbocycles. The van der Waals surface area contributed by atoms with Crippen molar-refractivity contribution < 1.29 is 14.3 Å². The topological polar surface area (TPSA) is 109 Å². The molecule has 180 valence electrons. The van der Waals surface area contributed by atoms with Gasteiger partial charge < -0.3 is 24.7 Å². The first kappa shape index (κ1) is 24.1. The second kappa shape index (κ2) is 11.4. The van der Waals surface area contributed by atoms with Gasteiger partial charge in [-0.25, -0.2) is 4.98 Å². The van der Waals surface area contributed by atoms with E-state index in [-0.39, 0.29) is 18.1 Å². The van der Waals surface area contributed by atoms with E-state index in [1.807, 2.05) is 0 Å². The number of nitrogens with zero attached hydrogens (tertiary/aromatic N) is 3. The second-order valence-corrected chi connectivity index (χ2v) is 8.73. The van der Waals surface area contributed by atoms with Crippen molar-refractivity contribution in [2.75, 3.05) is 39.9 Å². The van der Waals surface area contributed by atoms with E-state index in [0.717, 1.165) is 39.1 Å². The molecule has 4 rings (SSSR count). The molecule has 0 bridgehead atoms. The number of nitrogens with one attached hydrogen (secondary N) is 2. The molecule has 9 nitrogen and oxygen atoms in total. The van der Waals surface area contributed by atoms with Gasteiger partial charge in [-0.05, 0) is 56.1 Å². The maximum Gasteiger partial charge on any atom is 0.258 e. The largest absolute Gasteiger partial charge is 0.486 e. The van der Waals surface area contributed by atoms with Crippen LogP contribution in [0.4, 0.5) is 0 Å². The van der Waals surface area contributed by atoms with Gasteiger partial charge in [-0.3, -0.25) is 14.6 Å². The molecule has 1 fully saturated rings. The molecule has 0 spiro atoms. The van der Waals surface area contributed by atoms with Crippen molar-refractivity contribution in [2.45, 2.75) is 19.4 Å². The molecular formula is C24H28ClN5O4. The lowest BCUT2D eigenvalue weighted by Crippen LogP contribution is -2.39. The molecule has 0 saturated carbocycles. The number of amides is 1. The molecule has 0 unspecified atom stereocenters. The maximum atomic E-state index is 12.8. The van der Waals surface area contributed by atoms with E-state index in [4.69, 9.17) is 21.1 Å². The number of fused-ring (bicyclic) bond motifs is 1. The molecule has 0 atom stereocenters. The lowest BCUT2D eigenvalue weighted by Gasteiger charge is -2.31. The Balaban J connectivity index is 1.33. The van der Waals surface area contributed by atoms with E-state index in [0.29, 0.717) is 45.5 Å². The third kappa shape index (κ3) is 6.11. The molecule has 1 saturated heterocycles. The highest BCUT2D eigenvalue weighted by molar-refractivity contribution is 6.33. The van der Waals surface area contributed by atoms with Gasteiger partial charge in [0.25, 0.3) is 11.5 Å². The third-order valence-corrected chi connectivity index (χ3v) is 6.32. The van der Waals surface area contributed by atoms with Crippen LogP contribution in [0.15, 0.2) is 41.5 Å². The van der Waals surface area contributed by atoms with E-state index in [2.05, 4.69) is 25.2 Å². The Bertz CT molecular complexity index is 1190. The highest BCUT2D eigenvalue weighted by Gasteiger charge is 2.20. The van der Waals surface area contributed by atoms with Crippen molar-refractivity contribution >= 4 is 28.4 Å². The number of aromatic amines is 1. The summed E-state index contributed by atoms with van der Waals surface area (Å²) in [6, 6.07) is 6.52. The number of H-pyrrole nitrogens is 1. The van der Waals surface area contributed by atoms with Gasteiger partial charge in [0.1, 0.15) is 18.2 Å². The summed E-state index contributed by atoms with van der Waals surface area (Å²) in [6.45, 7) is 4.34. The predicted octanol–water partition coefficient (Wildman–Crippen LogP) is 2.64. The Morgan fingerprint density at radius 1 is 1.29 bits per heavy atom. The number of carbonyl (C=O) groups excluding carboxylic acids is 1. The summed E-state index contributed by atoms with van der Waals surface area (Å²) in [5, 5.41) is 3.82. The molecule has 10 heteroatoms. The fraction of sp³-hybridized carbons (Fsp3) is 0.417. The van der Waals surface area contributed by atoms with Crippen molar-refractivity contribution in [2.24, 2.45) is 5.92 Å². The number of ether oxygens (including phenoxy) is 2. The Kier molecular flexibility index (Phi) is 8.10. The maximum absolute atomic E-state index is 12.8. The SMILES string of the molecule is COCCN1CCC(CNC(=O)c2cc(OCc3nc4cnccc4c(=O)[nH]3)ccc2Cl)CC1. The van der Waals surface area contributed by atoms with Gasteiger partial charge in [-0.1, -0.05) is 11.6 Å². The summed E-state index contributed by atoms with van der Waals surface area (Å²) in [7, 11) is 1.71. The zero-order valence-electron chi connectivity index (χ0n) is 19.1. The molecule has 1 aliphatic rings. The van der Waals surface area contributed by atoms with E-state index >= 15 is 0 Å². The number of benzene rings is 1. The summed E-state index contributed by atoms with van der Waals surface area (Å²) in [5.74, 6) is 1.02. The van der Waals surface area contributed by atoms with E-state index in [9.17, 15) is 9.59 Å². The number of halogens is 1. The smallest absolute Gasteiger partial charge is 0.258 e. The van der Waals surface area contributed by atoms with E-state index in [1.165, 1.54) is 6.20 Å². The predicted molar refractivity (Wildman–Crippen MR) is 129 cm³/mol. The third-order valence-electron chi connectivity index (χ3n) is 5.99. The van der Waals surface area contributed by atoms with Gasteiger partial charge in [0, 0.05) is 26.4 Å². The van der Waals surface area contributed by atoms with Crippen molar-refractivity contribution in [3.63, 3.8) is 0 Å². The minimum absolute atomic E-state index is 0.0322. The van der Waals surface area contributed by atoms with Crippen LogP contribution in [-0.2, 0) is 11.3 Å². The minimum atomic E-state index is -0.258. The van der Waals surface area contributed by atoms with Crippen LogP contribution in [0.25, 0.3) is 10.9 Å². The van der Waals surface area contributed by atoms with Gasteiger partial charge >= 0.3 is 0 Å². The molecule has 1 amide bonds. The number of pyridine rings is 1. The molecule has 1 aromatic carbocycles. The van der Waals surface area contributed by atoms with Crippen LogP contribution in [-0.4, -0.2) is 65.7 Å². The quantitative estimate of drug-likeness (QED) is 0.479. The summed E-state index contributed by atoms with van der Waals surface area (Å²) in [5.41, 5.74) is 0.582. The molecule has 34 heavy (non-hydrogen) atoms. The number of aromatic nitrogens is 3. The molecular weight excluding hydrogens is 458 g/mol. The first-order chi connectivity index (χ1) is 16.5. The van der Waals surface area contributed by atoms with Crippen LogP contribution in [0.2, 0.25) is 5.02 Å². The molecule has 2 aromatic heterocycles. The first-order valence-electron chi connectivity index (χ1n) is 11.3. The van der Waals surface area contributed by atoms with Gasteiger partial charge in [0.05, 0.1) is 34.3 Å². The molecule has 1 aliphatic heterocycles. The van der Waals surface area contributed by atoms with Crippen molar-refractivity contribution in [1.29, 1.82) is 0 Å². The normalized spacial score (nSPS) is 14.9. The summed E-state index contributed by atoms with van der Waals surface area (Å²) >= 11 is 6.28. The van der Waals surface area contributed by atoms with Crippen molar-refractivity contribution in [1.82, 2.24) is 25.2 Å². The van der Waals surface area contributed by atoms with Crippen LogP contribution in [0, 0.1) is 5.92 Å².